The van der Waals surface area contributed by atoms with Crippen LogP contribution in [0.4, 0.5) is 5.82 Å². The van der Waals surface area contributed by atoms with Gasteiger partial charge in [-0.25, -0.2) is 9.97 Å². The van der Waals surface area contributed by atoms with Crippen LogP contribution in [0.15, 0.2) is 30.6 Å². The average Bonchev–Trinajstić information content (AvgIpc) is 3.05. The number of aromatic amines is 1. The van der Waals surface area contributed by atoms with Gasteiger partial charge in [-0.15, -0.1) is 0 Å². The van der Waals surface area contributed by atoms with Crippen molar-refractivity contribution in [3.63, 3.8) is 0 Å². The molecule has 1 amide bonds. The lowest BCUT2D eigenvalue weighted by Gasteiger charge is -2.27. The maximum atomic E-state index is 11.6. The van der Waals surface area contributed by atoms with Gasteiger partial charge in [0.25, 0.3) is 0 Å². The Bertz CT molecular complexity index is 922. The summed E-state index contributed by atoms with van der Waals surface area (Å²) in [4.78, 5) is 22.2. The first-order valence-corrected chi connectivity index (χ1v) is 8.19. The zero-order chi connectivity index (χ0) is 17.2. The van der Waals surface area contributed by atoms with Crippen LogP contribution in [-0.2, 0) is 4.79 Å². The molecule has 0 spiro atoms. The third kappa shape index (κ3) is 2.98. The Morgan fingerprint density at radius 2 is 2.20 bits per heavy atom. The van der Waals surface area contributed by atoms with E-state index in [1.165, 1.54) is 6.33 Å². The predicted octanol–water partition coefficient (Wildman–Crippen LogP) is 1.35. The molecule has 8 heteroatoms. The van der Waals surface area contributed by atoms with Gasteiger partial charge in [0, 0.05) is 24.5 Å². The van der Waals surface area contributed by atoms with E-state index in [2.05, 4.69) is 25.5 Å². The minimum absolute atomic E-state index is 0.00186. The van der Waals surface area contributed by atoms with E-state index in [4.69, 9.17) is 4.74 Å². The zero-order valence-corrected chi connectivity index (χ0v) is 13.8. The standard InChI is InChI=1S/C17H18N6O2/c1-2-25-11-3-4-13-12(7-11)17(22-21-13)14-8-15(20-10-19-14)23-6-5-18-16(24)9-23/h3-4,7-8,10H,2,5-6,9H2,1H3,(H,18,24)(H,21,22). The molecule has 1 aliphatic rings. The highest BCUT2D eigenvalue weighted by molar-refractivity contribution is 5.93. The lowest BCUT2D eigenvalue weighted by Crippen LogP contribution is -2.48. The highest BCUT2D eigenvalue weighted by Crippen LogP contribution is 2.29. The van der Waals surface area contributed by atoms with Crippen LogP contribution in [0.25, 0.3) is 22.3 Å². The molecule has 0 atom stereocenters. The van der Waals surface area contributed by atoms with E-state index in [9.17, 15) is 4.79 Å². The van der Waals surface area contributed by atoms with Crippen molar-refractivity contribution in [2.24, 2.45) is 0 Å². The van der Waals surface area contributed by atoms with Crippen LogP contribution in [-0.4, -0.2) is 52.3 Å². The second kappa shape index (κ2) is 6.39. The molecule has 2 N–H and O–H groups in total. The third-order valence-electron chi connectivity index (χ3n) is 4.10. The number of benzene rings is 1. The zero-order valence-electron chi connectivity index (χ0n) is 13.8. The summed E-state index contributed by atoms with van der Waals surface area (Å²) < 4.78 is 5.58. The Morgan fingerprint density at radius 1 is 1.28 bits per heavy atom. The highest BCUT2D eigenvalue weighted by Gasteiger charge is 2.19. The van der Waals surface area contributed by atoms with Gasteiger partial charge >= 0.3 is 0 Å². The van der Waals surface area contributed by atoms with Gasteiger partial charge in [-0.2, -0.15) is 5.10 Å². The normalized spacial score (nSPS) is 14.6. The molecule has 1 fully saturated rings. The molecule has 2 aromatic heterocycles. The molecule has 8 nitrogen and oxygen atoms in total. The maximum Gasteiger partial charge on any atom is 0.239 e. The van der Waals surface area contributed by atoms with Crippen molar-refractivity contribution in [1.29, 1.82) is 0 Å². The van der Waals surface area contributed by atoms with E-state index in [1.807, 2.05) is 36.1 Å². The minimum atomic E-state index is -0.00186. The Balaban J connectivity index is 1.72. The molecule has 1 saturated heterocycles. The molecule has 0 saturated carbocycles. The number of hydrogen-bond donors (Lipinski definition) is 2. The van der Waals surface area contributed by atoms with Gasteiger partial charge in [-0.3, -0.25) is 9.89 Å². The predicted molar refractivity (Wildman–Crippen MR) is 93.5 cm³/mol. The molecule has 1 aromatic carbocycles. The van der Waals surface area contributed by atoms with Gasteiger partial charge in [0.15, 0.2) is 0 Å². The molecule has 3 aromatic rings. The summed E-state index contributed by atoms with van der Waals surface area (Å²) in [5.41, 5.74) is 2.36. The van der Waals surface area contributed by atoms with Gasteiger partial charge in [0.2, 0.25) is 5.91 Å². The summed E-state index contributed by atoms with van der Waals surface area (Å²) >= 11 is 0. The van der Waals surface area contributed by atoms with Crippen molar-refractivity contribution < 1.29 is 9.53 Å². The first-order valence-electron chi connectivity index (χ1n) is 8.19. The SMILES string of the molecule is CCOc1ccc2[nH]nc(-c3cc(N4CCNC(=O)C4)ncn3)c2c1. The molecule has 3 heterocycles. The van der Waals surface area contributed by atoms with Crippen LogP contribution in [0.2, 0.25) is 0 Å². The highest BCUT2D eigenvalue weighted by atomic mass is 16.5. The summed E-state index contributed by atoms with van der Waals surface area (Å²) in [5.74, 6) is 1.51. The number of H-pyrrole nitrogens is 1. The molecule has 0 radical (unpaired) electrons. The van der Waals surface area contributed by atoms with E-state index in [0.29, 0.717) is 25.4 Å². The second-order valence-corrected chi connectivity index (χ2v) is 5.75. The van der Waals surface area contributed by atoms with Crippen molar-refractivity contribution in [2.45, 2.75) is 6.92 Å². The largest absolute Gasteiger partial charge is 0.494 e. The third-order valence-corrected chi connectivity index (χ3v) is 4.10. The fraction of sp³-hybridized carbons (Fsp3) is 0.294. The van der Waals surface area contributed by atoms with Crippen LogP contribution in [0.1, 0.15) is 6.92 Å². The Labute approximate surface area is 144 Å². The fourth-order valence-corrected chi connectivity index (χ4v) is 2.93. The van der Waals surface area contributed by atoms with Gasteiger partial charge in [0.05, 0.1) is 24.4 Å². The van der Waals surface area contributed by atoms with Crippen molar-refractivity contribution in [1.82, 2.24) is 25.5 Å². The number of carbonyl (C=O) groups excluding carboxylic acids is 1. The summed E-state index contributed by atoms with van der Waals surface area (Å²) in [6, 6.07) is 7.66. The van der Waals surface area contributed by atoms with E-state index in [0.717, 1.165) is 34.7 Å². The molecule has 4 rings (SSSR count). The van der Waals surface area contributed by atoms with Crippen LogP contribution in [0.3, 0.4) is 0 Å². The molecule has 128 valence electrons. The topological polar surface area (TPSA) is 96.0 Å². The van der Waals surface area contributed by atoms with E-state index in [1.54, 1.807) is 0 Å². The minimum Gasteiger partial charge on any atom is -0.494 e. The fourth-order valence-electron chi connectivity index (χ4n) is 2.93. The summed E-state index contributed by atoms with van der Waals surface area (Å²) in [6.07, 6.45) is 1.50. The molecular weight excluding hydrogens is 320 g/mol. The van der Waals surface area contributed by atoms with Crippen molar-refractivity contribution in [3.8, 4) is 17.1 Å². The number of hydrogen-bond acceptors (Lipinski definition) is 6. The number of piperazine rings is 1. The maximum absolute atomic E-state index is 11.6. The van der Waals surface area contributed by atoms with Gasteiger partial charge in [0.1, 0.15) is 23.6 Å². The molecule has 25 heavy (non-hydrogen) atoms. The number of nitrogens with one attached hydrogen (secondary N) is 2. The molecule has 0 unspecified atom stereocenters. The van der Waals surface area contributed by atoms with E-state index in [-0.39, 0.29) is 5.91 Å². The molecular formula is C17H18N6O2. The lowest BCUT2D eigenvalue weighted by molar-refractivity contribution is -0.120. The van der Waals surface area contributed by atoms with Gasteiger partial charge < -0.3 is 15.0 Å². The smallest absolute Gasteiger partial charge is 0.239 e. The lowest BCUT2D eigenvalue weighted by atomic mass is 10.1. The monoisotopic (exact) mass is 338 g/mol. The summed E-state index contributed by atoms with van der Waals surface area (Å²) in [5, 5.41) is 11.2. The number of fused-ring (bicyclic) bond motifs is 1. The van der Waals surface area contributed by atoms with Crippen LogP contribution in [0, 0.1) is 0 Å². The van der Waals surface area contributed by atoms with E-state index >= 15 is 0 Å². The molecule has 0 aliphatic carbocycles. The number of carbonyl (C=O) groups is 1. The number of rotatable bonds is 4. The number of aromatic nitrogens is 4. The summed E-state index contributed by atoms with van der Waals surface area (Å²) in [6.45, 7) is 4.19. The summed E-state index contributed by atoms with van der Waals surface area (Å²) in [7, 11) is 0. The second-order valence-electron chi connectivity index (χ2n) is 5.75. The van der Waals surface area contributed by atoms with Crippen molar-refractivity contribution >= 4 is 22.6 Å². The first-order chi connectivity index (χ1) is 12.2. The van der Waals surface area contributed by atoms with Crippen molar-refractivity contribution in [2.75, 3.05) is 31.1 Å². The molecule has 1 aliphatic heterocycles. The van der Waals surface area contributed by atoms with Crippen molar-refractivity contribution in [3.05, 3.63) is 30.6 Å². The van der Waals surface area contributed by atoms with Crippen LogP contribution < -0.4 is 15.0 Å². The Hall–Kier alpha value is -3.16. The Morgan fingerprint density at radius 3 is 3.04 bits per heavy atom. The van der Waals surface area contributed by atoms with E-state index < -0.39 is 0 Å². The first kappa shape index (κ1) is 15.4. The average molecular weight is 338 g/mol. The quantitative estimate of drug-likeness (QED) is 0.745. The Kier molecular flexibility index (Phi) is 3.93. The number of amides is 1. The van der Waals surface area contributed by atoms with Crippen LogP contribution >= 0.6 is 0 Å². The van der Waals surface area contributed by atoms with Gasteiger partial charge in [-0.1, -0.05) is 0 Å². The number of nitrogens with zero attached hydrogens (tertiary/aromatic N) is 4. The van der Waals surface area contributed by atoms with Crippen LogP contribution in [0.5, 0.6) is 5.75 Å². The number of anilines is 1. The molecule has 0 bridgehead atoms. The van der Waals surface area contributed by atoms with Gasteiger partial charge in [-0.05, 0) is 25.1 Å². The number of ether oxygens (including phenoxy) is 1.